The molecule has 0 spiro atoms. The molecule has 0 bridgehead atoms. The SMILES string of the molecule is BN(C)CCN(C)c1cc(O)c(Nc2nccc(-c3cn(C)c4ccccc34)n2)cc1NC(=O)C=C. The van der Waals surface area contributed by atoms with E-state index >= 15 is 0 Å². The first-order valence-electron chi connectivity index (χ1n) is 11.6. The average molecular weight is 483 g/mol. The number of nitrogens with zero attached hydrogens (tertiary/aromatic N) is 5. The number of phenolic OH excluding ortho intramolecular Hbond substituents is 1. The Kier molecular flexibility index (Phi) is 7.26. The second-order valence-electron chi connectivity index (χ2n) is 8.87. The van der Waals surface area contributed by atoms with E-state index in [4.69, 9.17) is 0 Å². The summed E-state index contributed by atoms with van der Waals surface area (Å²) in [5, 5.41) is 17.9. The van der Waals surface area contributed by atoms with Gasteiger partial charge in [-0.15, -0.1) is 0 Å². The van der Waals surface area contributed by atoms with Gasteiger partial charge in [0.1, 0.15) is 5.75 Å². The summed E-state index contributed by atoms with van der Waals surface area (Å²) in [5.41, 5.74) is 4.43. The zero-order valence-electron chi connectivity index (χ0n) is 21.0. The zero-order chi connectivity index (χ0) is 25.8. The largest absolute Gasteiger partial charge is 0.506 e. The molecule has 0 aliphatic heterocycles. The fourth-order valence-electron chi connectivity index (χ4n) is 3.98. The monoisotopic (exact) mass is 483 g/mol. The van der Waals surface area contributed by atoms with Crippen molar-refractivity contribution in [3.8, 4) is 17.0 Å². The molecule has 9 nitrogen and oxygen atoms in total. The number of amides is 1. The highest BCUT2D eigenvalue weighted by Gasteiger charge is 2.16. The van der Waals surface area contributed by atoms with Gasteiger partial charge in [0, 0.05) is 62.1 Å². The van der Waals surface area contributed by atoms with E-state index in [9.17, 15) is 9.90 Å². The molecule has 0 radical (unpaired) electrons. The van der Waals surface area contributed by atoms with Crippen LogP contribution in [-0.4, -0.2) is 65.5 Å². The lowest BCUT2D eigenvalue weighted by Crippen LogP contribution is -2.30. The van der Waals surface area contributed by atoms with Gasteiger partial charge in [0.05, 0.1) is 22.8 Å². The van der Waals surface area contributed by atoms with Crippen LogP contribution in [0.25, 0.3) is 22.2 Å². The number of phenols is 1. The number of aromatic hydroxyl groups is 1. The van der Waals surface area contributed by atoms with Crippen molar-refractivity contribution >= 4 is 47.8 Å². The highest BCUT2D eigenvalue weighted by atomic mass is 16.3. The zero-order valence-corrected chi connectivity index (χ0v) is 21.0. The van der Waals surface area contributed by atoms with Crippen LogP contribution in [0.5, 0.6) is 5.75 Å². The van der Waals surface area contributed by atoms with Crippen LogP contribution in [0.3, 0.4) is 0 Å². The number of carbonyl (C=O) groups is 1. The molecule has 4 aromatic rings. The van der Waals surface area contributed by atoms with E-state index < -0.39 is 0 Å². The third-order valence-electron chi connectivity index (χ3n) is 5.93. The number of aromatic nitrogens is 3. The van der Waals surface area contributed by atoms with Gasteiger partial charge in [-0.3, -0.25) is 4.79 Å². The Labute approximate surface area is 211 Å². The summed E-state index contributed by atoms with van der Waals surface area (Å²) in [4.78, 5) is 25.2. The van der Waals surface area contributed by atoms with Gasteiger partial charge in [-0.05, 0) is 31.3 Å². The second-order valence-corrected chi connectivity index (χ2v) is 8.87. The van der Waals surface area contributed by atoms with Crippen molar-refractivity contribution in [1.82, 2.24) is 19.3 Å². The molecule has 0 atom stereocenters. The Hall–Kier alpha value is -4.31. The molecular formula is C26H30BN7O2. The average Bonchev–Trinajstić information content (AvgIpc) is 3.21. The lowest BCUT2D eigenvalue weighted by atomic mass is 10.1. The number of rotatable bonds is 9. The van der Waals surface area contributed by atoms with E-state index in [1.54, 1.807) is 18.3 Å². The molecule has 0 aliphatic carbocycles. The van der Waals surface area contributed by atoms with Gasteiger partial charge < -0.3 is 30.0 Å². The Morgan fingerprint density at radius 1 is 1.19 bits per heavy atom. The molecule has 0 aliphatic rings. The van der Waals surface area contributed by atoms with E-state index in [-0.39, 0.29) is 11.7 Å². The topological polar surface area (TPSA) is 98.6 Å². The number of hydrogen-bond donors (Lipinski definition) is 3. The number of aryl methyl sites for hydroxylation is 1. The molecule has 2 aromatic heterocycles. The summed E-state index contributed by atoms with van der Waals surface area (Å²) in [6.45, 7) is 5.05. The van der Waals surface area contributed by atoms with Crippen LogP contribution >= 0.6 is 0 Å². The van der Waals surface area contributed by atoms with Crippen molar-refractivity contribution in [2.24, 2.45) is 7.05 Å². The van der Waals surface area contributed by atoms with Crippen LogP contribution in [0.15, 0.2) is 67.5 Å². The van der Waals surface area contributed by atoms with E-state index in [0.717, 1.165) is 28.7 Å². The van der Waals surface area contributed by atoms with Gasteiger partial charge in [-0.2, -0.15) is 0 Å². The number of anilines is 4. The van der Waals surface area contributed by atoms with Crippen LogP contribution in [0.4, 0.5) is 23.0 Å². The standard InChI is InChI=1S/C26H30BN7O2/c1-5-25(36)29-20-14-21(24(35)15-23(20)32(2)12-13-34(4)27)31-26-28-11-10-19(30-26)18-16-33(3)22-9-7-6-8-17(18)22/h5-11,14-16,35H,1,12-13,27H2,2-4H3,(H,29,36)(H,28,30,31). The lowest BCUT2D eigenvalue weighted by Gasteiger charge is -2.25. The number of para-hydroxylation sites is 1. The minimum atomic E-state index is -0.344. The van der Waals surface area contributed by atoms with Gasteiger partial charge in [-0.25, -0.2) is 9.97 Å². The fourth-order valence-corrected chi connectivity index (χ4v) is 3.98. The lowest BCUT2D eigenvalue weighted by molar-refractivity contribution is -0.111. The molecule has 1 amide bonds. The molecule has 2 aromatic carbocycles. The Balaban J connectivity index is 1.67. The van der Waals surface area contributed by atoms with Crippen molar-refractivity contribution < 1.29 is 9.90 Å². The quantitative estimate of drug-likeness (QED) is 0.146. The molecule has 10 heteroatoms. The van der Waals surface area contributed by atoms with E-state index in [0.29, 0.717) is 29.6 Å². The molecule has 3 N–H and O–H groups in total. The van der Waals surface area contributed by atoms with Gasteiger partial charge in [0.15, 0.2) is 7.98 Å². The maximum absolute atomic E-state index is 12.1. The van der Waals surface area contributed by atoms with Gasteiger partial charge in [-0.1, -0.05) is 24.8 Å². The summed E-state index contributed by atoms with van der Waals surface area (Å²) in [6.07, 6.45) is 4.92. The number of hydrogen-bond acceptors (Lipinski definition) is 7. The summed E-state index contributed by atoms with van der Waals surface area (Å²) >= 11 is 0. The first-order chi connectivity index (χ1) is 17.3. The number of nitrogens with one attached hydrogen (secondary N) is 2. The van der Waals surface area contributed by atoms with Crippen LogP contribution < -0.4 is 15.5 Å². The molecule has 0 unspecified atom stereocenters. The second kappa shape index (κ2) is 10.5. The molecule has 4 rings (SSSR count). The third-order valence-corrected chi connectivity index (χ3v) is 5.93. The minimum Gasteiger partial charge on any atom is -0.506 e. The minimum absolute atomic E-state index is 0.0115. The molecule has 0 fully saturated rings. The van der Waals surface area contributed by atoms with Crippen LogP contribution in [0, 0.1) is 0 Å². The number of benzene rings is 2. The fraction of sp³-hybridized carbons (Fsp3) is 0.192. The van der Waals surface area contributed by atoms with Crippen molar-refractivity contribution in [2.45, 2.75) is 0 Å². The molecule has 0 saturated heterocycles. The molecular weight excluding hydrogens is 453 g/mol. The maximum Gasteiger partial charge on any atom is 0.247 e. The van der Waals surface area contributed by atoms with Crippen LogP contribution in [0.1, 0.15) is 0 Å². The molecule has 36 heavy (non-hydrogen) atoms. The Morgan fingerprint density at radius 3 is 2.72 bits per heavy atom. The first kappa shape index (κ1) is 24.8. The van der Waals surface area contributed by atoms with Crippen LogP contribution in [-0.2, 0) is 11.8 Å². The van der Waals surface area contributed by atoms with Crippen molar-refractivity contribution in [1.29, 1.82) is 0 Å². The highest BCUT2D eigenvalue weighted by Crippen LogP contribution is 2.37. The predicted octanol–water partition coefficient (Wildman–Crippen LogP) is 3.13. The number of fused-ring (bicyclic) bond motifs is 1. The van der Waals surface area contributed by atoms with Crippen molar-refractivity contribution in [3.63, 3.8) is 0 Å². The summed E-state index contributed by atoms with van der Waals surface area (Å²) in [6, 6.07) is 13.3. The van der Waals surface area contributed by atoms with Gasteiger partial charge in [0.2, 0.25) is 11.9 Å². The van der Waals surface area contributed by atoms with Crippen LogP contribution in [0.2, 0.25) is 0 Å². The smallest absolute Gasteiger partial charge is 0.247 e. The van der Waals surface area contributed by atoms with E-state index in [1.165, 1.54) is 6.08 Å². The molecule has 184 valence electrons. The summed E-state index contributed by atoms with van der Waals surface area (Å²) in [7, 11) is 7.89. The number of likely N-dealkylation sites (N-methyl/N-ethyl adjacent to an activating group) is 2. The van der Waals surface area contributed by atoms with Gasteiger partial charge >= 0.3 is 0 Å². The molecule has 0 saturated carbocycles. The predicted molar refractivity (Wildman–Crippen MR) is 149 cm³/mol. The summed E-state index contributed by atoms with van der Waals surface area (Å²) < 4.78 is 2.06. The molecule has 2 heterocycles. The first-order valence-corrected chi connectivity index (χ1v) is 11.6. The van der Waals surface area contributed by atoms with Crippen molar-refractivity contribution in [3.05, 3.63) is 67.5 Å². The Bertz CT molecular complexity index is 1420. The van der Waals surface area contributed by atoms with E-state index in [2.05, 4.69) is 48.7 Å². The third kappa shape index (κ3) is 5.34. The Morgan fingerprint density at radius 2 is 1.97 bits per heavy atom. The highest BCUT2D eigenvalue weighted by molar-refractivity contribution is 6.04. The van der Waals surface area contributed by atoms with Gasteiger partial charge in [0.25, 0.3) is 0 Å². The normalized spacial score (nSPS) is 11.0. The van der Waals surface area contributed by atoms with E-state index in [1.807, 2.05) is 58.4 Å². The maximum atomic E-state index is 12.1. The summed E-state index contributed by atoms with van der Waals surface area (Å²) in [5.74, 6) is -0.00832. The number of carbonyl (C=O) groups excluding carboxylic acids is 1. The van der Waals surface area contributed by atoms with Crippen molar-refractivity contribution in [2.75, 3.05) is 42.7 Å².